The number of nitrogens with one attached hydrogen (secondary N) is 1. The Morgan fingerprint density at radius 2 is 1.79 bits per heavy atom. The summed E-state index contributed by atoms with van der Waals surface area (Å²) >= 11 is 0. The molecule has 0 atom stereocenters. The third-order valence-electron chi connectivity index (χ3n) is 2.38. The van der Waals surface area contributed by atoms with E-state index >= 15 is 0 Å². The number of anilines is 3. The Morgan fingerprint density at radius 1 is 1.21 bits per heavy atom. The minimum Gasteiger partial charge on any atom is -0.389 e. The van der Waals surface area contributed by atoms with E-state index in [0.29, 0.717) is 30.9 Å². The van der Waals surface area contributed by atoms with Crippen molar-refractivity contribution >= 4 is 17.8 Å². The van der Waals surface area contributed by atoms with Crippen LogP contribution in [0.5, 0.6) is 0 Å². The molecule has 0 aliphatic rings. The molecule has 0 unspecified atom stereocenters. The molecule has 0 radical (unpaired) electrons. The molecule has 4 N–H and O–H groups in total. The van der Waals surface area contributed by atoms with Gasteiger partial charge in [0.15, 0.2) is 0 Å². The highest BCUT2D eigenvalue weighted by Crippen LogP contribution is 2.16. The van der Waals surface area contributed by atoms with Gasteiger partial charge in [-0.05, 0) is 20.8 Å². The molecule has 0 bridgehead atoms. The number of rotatable bonds is 6. The van der Waals surface area contributed by atoms with Gasteiger partial charge in [0.2, 0.25) is 17.8 Å². The van der Waals surface area contributed by atoms with Gasteiger partial charge in [-0.1, -0.05) is 0 Å². The monoisotopic (exact) mass is 269 g/mol. The Morgan fingerprint density at radius 3 is 2.21 bits per heavy atom. The zero-order valence-electron chi connectivity index (χ0n) is 12.2. The molecule has 0 spiro atoms. The Labute approximate surface area is 113 Å². The molecule has 108 valence electrons. The third kappa shape index (κ3) is 4.49. The molecule has 1 aromatic rings. The highest BCUT2D eigenvalue weighted by Gasteiger charge is 2.20. The summed E-state index contributed by atoms with van der Waals surface area (Å²) in [5, 5.41) is 9.92. The van der Waals surface area contributed by atoms with E-state index < -0.39 is 5.60 Å². The molecule has 0 aliphatic carbocycles. The molecule has 1 heterocycles. The van der Waals surface area contributed by atoms with Crippen LogP contribution in [0.1, 0.15) is 20.8 Å². The lowest BCUT2D eigenvalue weighted by Gasteiger charge is -2.28. The zero-order valence-corrected chi connectivity index (χ0v) is 12.2. The number of nitrogens with zero attached hydrogens (tertiary/aromatic N) is 5. The first kappa shape index (κ1) is 15.4. The van der Waals surface area contributed by atoms with Gasteiger partial charge in [-0.15, -0.1) is 0 Å². The van der Waals surface area contributed by atoms with Gasteiger partial charge in [0.25, 0.3) is 0 Å². The molecule has 8 heteroatoms. The van der Waals surface area contributed by atoms with E-state index in [1.54, 1.807) is 18.7 Å². The molecule has 19 heavy (non-hydrogen) atoms. The molecule has 0 aliphatic heterocycles. The van der Waals surface area contributed by atoms with E-state index in [-0.39, 0.29) is 0 Å². The van der Waals surface area contributed by atoms with E-state index in [4.69, 9.17) is 5.84 Å². The topological polar surface area (TPSA) is 103 Å². The molecule has 8 nitrogen and oxygen atoms in total. The quantitative estimate of drug-likeness (QED) is 0.483. The van der Waals surface area contributed by atoms with Gasteiger partial charge in [-0.25, -0.2) is 5.84 Å². The van der Waals surface area contributed by atoms with Gasteiger partial charge in [0.05, 0.1) is 5.60 Å². The second kappa shape index (κ2) is 5.98. The summed E-state index contributed by atoms with van der Waals surface area (Å²) in [5.41, 5.74) is 1.59. The van der Waals surface area contributed by atoms with Crippen LogP contribution >= 0.6 is 0 Å². The number of aromatic nitrogens is 3. The fourth-order valence-electron chi connectivity index (χ4n) is 1.55. The van der Waals surface area contributed by atoms with Crippen molar-refractivity contribution in [3.05, 3.63) is 0 Å². The molecule has 0 saturated heterocycles. The standard InChI is InChI=1S/C11H23N7O/c1-6-18(7-11(2,3)19)10-14-8(16-12)13-9(15-10)17(4)5/h19H,6-7,12H2,1-5H3,(H,13,14,15,16). The summed E-state index contributed by atoms with van der Waals surface area (Å²) in [5.74, 6) is 6.65. The first-order valence-electron chi connectivity index (χ1n) is 6.14. The summed E-state index contributed by atoms with van der Waals surface area (Å²) in [7, 11) is 3.68. The van der Waals surface area contributed by atoms with Crippen molar-refractivity contribution < 1.29 is 5.11 Å². The highest BCUT2D eigenvalue weighted by molar-refractivity contribution is 5.44. The number of likely N-dealkylation sites (N-methyl/N-ethyl adjacent to an activating group) is 1. The molecule has 0 amide bonds. The van der Waals surface area contributed by atoms with E-state index in [9.17, 15) is 5.11 Å². The number of nitrogen functional groups attached to an aromatic ring is 1. The van der Waals surface area contributed by atoms with Crippen LogP contribution in [0.25, 0.3) is 0 Å². The fourth-order valence-corrected chi connectivity index (χ4v) is 1.55. The van der Waals surface area contributed by atoms with E-state index in [0.717, 1.165) is 0 Å². The number of hydrazine groups is 1. The molecule has 1 rings (SSSR count). The summed E-state index contributed by atoms with van der Waals surface area (Å²) in [6.07, 6.45) is 0. The van der Waals surface area contributed by atoms with Crippen molar-refractivity contribution in [2.75, 3.05) is 42.4 Å². The van der Waals surface area contributed by atoms with Crippen LogP contribution in [-0.2, 0) is 0 Å². The van der Waals surface area contributed by atoms with Gasteiger partial charge in [0.1, 0.15) is 0 Å². The molecule has 0 saturated carbocycles. The summed E-state index contributed by atoms with van der Waals surface area (Å²) in [6.45, 7) is 6.55. The van der Waals surface area contributed by atoms with Crippen molar-refractivity contribution in [3.8, 4) is 0 Å². The number of aliphatic hydroxyl groups is 1. The van der Waals surface area contributed by atoms with Crippen molar-refractivity contribution in [1.29, 1.82) is 0 Å². The maximum Gasteiger partial charge on any atom is 0.243 e. The minimum absolute atomic E-state index is 0.294. The average molecular weight is 269 g/mol. The van der Waals surface area contributed by atoms with Crippen molar-refractivity contribution in [1.82, 2.24) is 15.0 Å². The highest BCUT2D eigenvalue weighted by atomic mass is 16.3. The van der Waals surface area contributed by atoms with E-state index in [2.05, 4.69) is 20.4 Å². The van der Waals surface area contributed by atoms with Crippen LogP contribution in [0, 0.1) is 0 Å². The number of hydrogen-bond donors (Lipinski definition) is 3. The lowest BCUT2D eigenvalue weighted by molar-refractivity contribution is 0.0872. The summed E-state index contributed by atoms with van der Waals surface area (Å²) in [6, 6.07) is 0. The van der Waals surface area contributed by atoms with Crippen LogP contribution < -0.4 is 21.1 Å². The number of nitrogens with two attached hydrogens (primary N) is 1. The Kier molecular flexibility index (Phi) is 4.84. The van der Waals surface area contributed by atoms with E-state index in [1.165, 1.54) is 0 Å². The molecule has 1 aromatic heterocycles. The smallest absolute Gasteiger partial charge is 0.243 e. The Hall–Kier alpha value is -1.67. The van der Waals surface area contributed by atoms with Gasteiger partial charge >= 0.3 is 0 Å². The maximum atomic E-state index is 9.92. The molecular weight excluding hydrogens is 246 g/mol. The van der Waals surface area contributed by atoms with Gasteiger partial charge in [-0.3, -0.25) is 5.43 Å². The molecule has 0 fully saturated rings. The van der Waals surface area contributed by atoms with Gasteiger partial charge in [-0.2, -0.15) is 15.0 Å². The fraction of sp³-hybridized carbons (Fsp3) is 0.727. The normalized spacial score (nSPS) is 11.3. The van der Waals surface area contributed by atoms with Crippen LogP contribution in [0.3, 0.4) is 0 Å². The maximum absolute atomic E-state index is 9.92. The first-order valence-corrected chi connectivity index (χ1v) is 6.14. The molecular formula is C11H23N7O. The Bertz CT molecular complexity index is 416. The van der Waals surface area contributed by atoms with Crippen molar-refractivity contribution in [2.45, 2.75) is 26.4 Å². The van der Waals surface area contributed by atoms with Gasteiger partial charge < -0.3 is 14.9 Å². The third-order valence-corrected chi connectivity index (χ3v) is 2.38. The largest absolute Gasteiger partial charge is 0.389 e. The van der Waals surface area contributed by atoms with E-state index in [1.807, 2.05) is 25.9 Å². The Balaban J connectivity index is 3.12. The zero-order chi connectivity index (χ0) is 14.6. The lowest BCUT2D eigenvalue weighted by Crippen LogP contribution is -2.40. The summed E-state index contributed by atoms with van der Waals surface area (Å²) < 4.78 is 0. The van der Waals surface area contributed by atoms with Crippen molar-refractivity contribution in [3.63, 3.8) is 0 Å². The van der Waals surface area contributed by atoms with Crippen LogP contribution in [0.4, 0.5) is 17.8 Å². The second-order valence-corrected chi connectivity index (χ2v) is 5.12. The van der Waals surface area contributed by atoms with Crippen LogP contribution in [0.15, 0.2) is 0 Å². The lowest BCUT2D eigenvalue weighted by atomic mass is 10.1. The molecule has 0 aromatic carbocycles. The van der Waals surface area contributed by atoms with Crippen LogP contribution in [-0.4, -0.2) is 52.8 Å². The average Bonchev–Trinajstić information content (AvgIpc) is 2.34. The number of hydrogen-bond acceptors (Lipinski definition) is 8. The minimum atomic E-state index is -0.836. The van der Waals surface area contributed by atoms with Crippen molar-refractivity contribution in [2.24, 2.45) is 5.84 Å². The summed E-state index contributed by atoms with van der Waals surface area (Å²) in [4.78, 5) is 16.4. The second-order valence-electron chi connectivity index (χ2n) is 5.12. The predicted molar refractivity (Wildman–Crippen MR) is 76.1 cm³/mol. The van der Waals surface area contributed by atoms with Gasteiger partial charge in [0, 0.05) is 27.2 Å². The first-order chi connectivity index (χ1) is 8.76. The predicted octanol–water partition coefficient (Wildman–Crippen LogP) is -0.180. The van der Waals surface area contributed by atoms with Crippen LogP contribution in [0.2, 0.25) is 0 Å². The SMILES string of the molecule is CCN(CC(C)(C)O)c1nc(NN)nc(N(C)C)n1.